The average molecular weight is 322 g/mol. The van der Waals surface area contributed by atoms with Crippen molar-refractivity contribution in [3.05, 3.63) is 35.4 Å². The molecule has 1 aromatic rings. The lowest BCUT2D eigenvalue weighted by Gasteiger charge is -2.29. The fourth-order valence-electron chi connectivity index (χ4n) is 3.43. The van der Waals surface area contributed by atoms with E-state index in [2.05, 4.69) is 33.4 Å². The Morgan fingerprint density at radius 1 is 1.26 bits per heavy atom. The lowest BCUT2D eigenvalue weighted by atomic mass is 9.77. The summed E-state index contributed by atoms with van der Waals surface area (Å²) in [6, 6.07) is 8.28. The van der Waals surface area contributed by atoms with E-state index >= 15 is 0 Å². The van der Waals surface area contributed by atoms with Gasteiger partial charge in [-0.05, 0) is 42.2 Å². The smallest absolute Gasteiger partial charge is 0.227 e. The number of carbonyl (C=O) groups excluding carboxylic acids is 1. The summed E-state index contributed by atoms with van der Waals surface area (Å²) >= 11 is 3.59. The van der Waals surface area contributed by atoms with E-state index in [-0.39, 0.29) is 11.8 Å². The molecule has 0 radical (unpaired) electrons. The second-order valence-corrected chi connectivity index (χ2v) is 6.45. The first-order valence-corrected chi connectivity index (χ1v) is 8.33. The highest BCUT2D eigenvalue weighted by atomic mass is 79.9. The van der Waals surface area contributed by atoms with Crippen molar-refractivity contribution < 1.29 is 4.79 Å². The van der Waals surface area contributed by atoms with Crippen LogP contribution in [0.4, 0.5) is 0 Å². The predicted octanol–water partition coefficient (Wildman–Crippen LogP) is 3.25. The molecular formula is C16H20BrNO. The molecule has 2 nitrogen and oxygen atoms in total. The van der Waals surface area contributed by atoms with Gasteiger partial charge in [0.2, 0.25) is 5.91 Å². The number of rotatable bonds is 4. The van der Waals surface area contributed by atoms with E-state index in [0.29, 0.717) is 5.92 Å². The van der Waals surface area contributed by atoms with Crippen molar-refractivity contribution in [2.24, 2.45) is 11.8 Å². The number of halogens is 1. The number of carbonyl (C=O) groups is 1. The molecule has 0 bridgehead atoms. The number of nitrogens with one attached hydrogen (secondary N) is 1. The molecule has 1 amide bonds. The zero-order valence-electron chi connectivity index (χ0n) is 11.1. The molecule has 1 fully saturated rings. The second-order valence-electron chi connectivity index (χ2n) is 5.81. The van der Waals surface area contributed by atoms with Crippen LogP contribution in [0.15, 0.2) is 24.3 Å². The van der Waals surface area contributed by atoms with Crippen LogP contribution in [-0.4, -0.2) is 17.8 Å². The minimum atomic E-state index is 0.0972. The second kappa shape index (κ2) is 5.66. The summed E-state index contributed by atoms with van der Waals surface area (Å²) < 4.78 is 0. The first-order chi connectivity index (χ1) is 9.29. The number of amides is 1. The maximum Gasteiger partial charge on any atom is 0.227 e. The zero-order valence-corrected chi connectivity index (χ0v) is 12.7. The number of hydrogen-bond donors (Lipinski definition) is 1. The molecule has 0 aromatic heterocycles. The zero-order chi connectivity index (χ0) is 13.2. The molecular weight excluding hydrogens is 302 g/mol. The van der Waals surface area contributed by atoms with Gasteiger partial charge in [0.15, 0.2) is 0 Å². The molecule has 0 aliphatic heterocycles. The van der Waals surface area contributed by atoms with Crippen LogP contribution in [-0.2, 0) is 11.2 Å². The molecule has 3 atom stereocenters. The molecule has 102 valence electrons. The van der Waals surface area contributed by atoms with Gasteiger partial charge in [-0.25, -0.2) is 0 Å². The van der Waals surface area contributed by atoms with Crippen molar-refractivity contribution in [3.63, 3.8) is 0 Å². The molecule has 3 heteroatoms. The van der Waals surface area contributed by atoms with Crippen LogP contribution in [0.2, 0.25) is 0 Å². The highest BCUT2D eigenvalue weighted by molar-refractivity contribution is 9.09. The Labute approximate surface area is 123 Å². The topological polar surface area (TPSA) is 29.1 Å². The largest absolute Gasteiger partial charge is 0.355 e. The summed E-state index contributed by atoms with van der Waals surface area (Å²) in [6.07, 6.45) is 4.79. The van der Waals surface area contributed by atoms with E-state index in [1.165, 1.54) is 30.4 Å². The van der Waals surface area contributed by atoms with Crippen molar-refractivity contribution in [1.29, 1.82) is 0 Å². The summed E-state index contributed by atoms with van der Waals surface area (Å²) in [5.74, 6) is 1.73. The molecule has 3 rings (SSSR count). The van der Waals surface area contributed by atoms with Gasteiger partial charge in [0.1, 0.15) is 0 Å². The summed E-state index contributed by atoms with van der Waals surface area (Å²) in [7, 11) is 0. The van der Waals surface area contributed by atoms with Crippen molar-refractivity contribution in [1.82, 2.24) is 5.32 Å². The van der Waals surface area contributed by atoms with Gasteiger partial charge in [0.05, 0.1) is 5.92 Å². The maximum atomic E-state index is 12.2. The van der Waals surface area contributed by atoms with Crippen molar-refractivity contribution >= 4 is 21.8 Å². The summed E-state index contributed by atoms with van der Waals surface area (Å²) in [5, 5.41) is 4.24. The van der Waals surface area contributed by atoms with Gasteiger partial charge in [-0.3, -0.25) is 4.79 Å². The minimum absolute atomic E-state index is 0.0972. The molecule has 0 heterocycles. The van der Waals surface area contributed by atoms with Gasteiger partial charge in [-0.2, -0.15) is 0 Å². The van der Waals surface area contributed by atoms with Crippen molar-refractivity contribution in [2.45, 2.75) is 31.6 Å². The Kier molecular flexibility index (Phi) is 3.92. The van der Waals surface area contributed by atoms with E-state index in [9.17, 15) is 4.79 Å². The summed E-state index contributed by atoms with van der Waals surface area (Å²) in [6.45, 7) is 0.855. The Bertz CT molecular complexity index is 474. The van der Waals surface area contributed by atoms with Crippen LogP contribution in [0.3, 0.4) is 0 Å². The van der Waals surface area contributed by atoms with E-state index in [4.69, 9.17) is 0 Å². The Hall–Kier alpha value is -0.830. The molecule has 2 aliphatic rings. The summed E-state index contributed by atoms with van der Waals surface area (Å²) in [4.78, 5) is 12.2. The normalized spacial score (nSPS) is 28.6. The van der Waals surface area contributed by atoms with Crippen LogP contribution < -0.4 is 5.32 Å². The Balaban J connectivity index is 1.53. The number of fused-ring (bicyclic) bond motifs is 1. The SMILES string of the molecule is O=C(NCC1CCCC1CBr)C1Cc2ccccc21. The highest BCUT2D eigenvalue weighted by Gasteiger charge is 2.33. The van der Waals surface area contributed by atoms with Gasteiger partial charge >= 0.3 is 0 Å². The third-order valence-corrected chi connectivity index (χ3v) is 5.56. The molecule has 1 aromatic carbocycles. The third kappa shape index (κ3) is 2.58. The van der Waals surface area contributed by atoms with E-state index in [1.807, 2.05) is 12.1 Å². The maximum absolute atomic E-state index is 12.2. The Morgan fingerprint density at radius 3 is 2.84 bits per heavy atom. The lowest BCUT2D eigenvalue weighted by Crippen LogP contribution is -2.38. The van der Waals surface area contributed by atoms with Crippen molar-refractivity contribution in [2.75, 3.05) is 11.9 Å². The van der Waals surface area contributed by atoms with Crippen LogP contribution >= 0.6 is 15.9 Å². The van der Waals surface area contributed by atoms with Gasteiger partial charge in [-0.15, -0.1) is 0 Å². The van der Waals surface area contributed by atoms with E-state index in [1.54, 1.807) is 0 Å². The van der Waals surface area contributed by atoms with E-state index < -0.39 is 0 Å². The van der Waals surface area contributed by atoms with Crippen molar-refractivity contribution in [3.8, 4) is 0 Å². The standard InChI is InChI=1S/C16H20BrNO/c17-9-12-5-3-6-13(12)10-18-16(19)15-8-11-4-1-2-7-14(11)15/h1-2,4,7,12-13,15H,3,5-6,8-10H2,(H,18,19). The fourth-order valence-corrected chi connectivity index (χ4v) is 4.29. The fraction of sp³-hybridized carbons (Fsp3) is 0.562. The molecule has 19 heavy (non-hydrogen) atoms. The molecule has 1 N–H and O–H groups in total. The Morgan fingerprint density at radius 2 is 2.05 bits per heavy atom. The minimum Gasteiger partial charge on any atom is -0.355 e. The number of alkyl halides is 1. The molecule has 3 unspecified atom stereocenters. The van der Waals surface area contributed by atoms with Crippen LogP contribution in [0.1, 0.15) is 36.3 Å². The van der Waals surface area contributed by atoms with Gasteiger partial charge in [0, 0.05) is 11.9 Å². The molecule has 0 spiro atoms. The first kappa shape index (κ1) is 13.2. The van der Waals surface area contributed by atoms with Gasteiger partial charge in [0.25, 0.3) is 0 Å². The van der Waals surface area contributed by atoms with Gasteiger partial charge in [-0.1, -0.05) is 46.6 Å². The lowest BCUT2D eigenvalue weighted by molar-refractivity contribution is -0.123. The molecule has 0 saturated heterocycles. The van der Waals surface area contributed by atoms with E-state index in [0.717, 1.165) is 24.2 Å². The number of hydrogen-bond acceptors (Lipinski definition) is 1. The number of benzene rings is 1. The van der Waals surface area contributed by atoms with Crippen LogP contribution in [0.5, 0.6) is 0 Å². The predicted molar refractivity (Wildman–Crippen MR) is 80.5 cm³/mol. The quantitative estimate of drug-likeness (QED) is 0.847. The molecule has 1 saturated carbocycles. The monoisotopic (exact) mass is 321 g/mol. The molecule has 2 aliphatic carbocycles. The highest BCUT2D eigenvalue weighted by Crippen LogP contribution is 2.36. The average Bonchev–Trinajstić information content (AvgIpc) is 2.85. The van der Waals surface area contributed by atoms with Crippen LogP contribution in [0, 0.1) is 11.8 Å². The third-order valence-electron chi connectivity index (χ3n) is 4.72. The van der Waals surface area contributed by atoms with Crippen LogP contribution in [0.25, 0.3) is 0 Å². The first-order valence-electron chi connectivity index (χ1n) is 7.21. The van der Waals surface area contributed by atoms with Gasteiger partial charge < -0.3 is 5.32 Å². The summed E-state index contributed by atoms with van der Waals surface area (Å²) in [5.41, 5.74) is 2.56.